The highest BCUT2D eigenvalue weighted by molar-refractivity contribution is 7.99. The summed E-state index contributed by atoms with van der Waals surface area (Å²) in [6.45, 7) is 0.576. The summed E-state index contributed by atoms with van der Waals surface area (Å²) >= 11 is 7.44. The van der Waals surface area contributed by atoms with Gasteiger partial charge in [0.25, 0.3) is 0 Å². The minimum atomic E-state index is -0.0651. The van der Waals surface area contributed by atoms with Crippen LogP contribution >= 0.6 is 23.4 Å². The fourth-order valence-electron chi connectivity index (χ4n) is 1.19. The Morgan fingerprint density at radius 1 is 1.59 bits per heavy atom. The minimum Gasteiger partial charge on any atom is -0.495 e. The first-order valence-corrected chi connectivity index (χ1v) is 6.62. The van der Waals surface area contributed by atoms with Gasteiger partial charge >= 0.3 is 0 Å². The van der Waals surface area contributed by atoms with Gasteiger partial charge in [0.15, 0.2) is 0 Å². The van der Waals surface area contributed by atoms with E-state index in [1.807, 2.05) is 0 Å². The molecule has 1 amide bonds. The highest BCUT2D eigenvalue weighted by Gasteiger charge is 2.05. The molecule has 1 aromatic rings. The van der Waals surface area contributed by atoms with Crippen molar-refractivity contribution < 1.29 is 9.53 Å². The van der Waals surface area contributed by atoms with Crippen LogP contribution in [0.2, 0.25) is 5.02 Å². The van der Waals surface area contributed by atoms with Crippen molar-refractivity contribution in [3.05, 3.63) is 23.2 Å². The van der Waals surface area contributed by atoms with Crippen LogP contribution in [-0.2, 0) is 4.79 Å². The van der Waals surface area contributed by atoms with E-state index in [2.05, 4.69) is 5.32 Å². The summed E-state index contributed by atoms with van der Waals surface area (Å²) in [5.41, 5.74) is 6.00. The molecule has 0 radical (unpaired) electrons. The van der Waals surface area contributed by atoms with Crippen LogP contribution in [0.3, 0.4) is 0 Å². The summed E-state index contributed by atoms with van der Waals surface area (Å²) in [4.78, 5) is 11.5. The maximum Gasteiger partial charge on any atom is 0.234 e. The van der Waals surface area contributed by atoms with Crippen LogP contribution in [-0.4, -0.2) is 31.1 Å². The van der Waals surface area contributed by atoms with Crippen molar-refractivity contribution in [2.45, 2.75) is 0 Å². The van der Waals surface area contributed by atoms with Gasteiger partial charge in [0.05, 0.1) is 17.9 Å². The molecule has 0 fully saturated rings. The molecule has 0 aliphatic heterocycles. The van der Waals surface area contributed by atoms with E-state index < -0.39 is 0 Å². The second kappa shape index (κ2) is 7.42. The van der Waals surface area contributed by atoms with Crippen molar-refractivity contribution >= 4 is 35.0 Å². The number of hydrogen-bond donors (Lipinski definition) is 2. The molecule has 94 valence electrons. The molecule has 0 unspecified atom stereocenters. The maximum absolute atomic E-state index is 11.5. The van der Waals surface area contributed by atoms with Crippen LogP contribution in [0.15, 0.2) is 18.2 Å². The average molecular weight is 275 g/mol. The molecular formula is C11H15ClN2O2S. The lowest BCUT2D eigenvalue weighted by molar-refractivity contribution is -0.113. The first-order chi connectivity index (χ1) is 8.17. The van der Waals surface area contributed by atoms with Gasteiger partial charge in [-0.25, -0.2) is 0 Å². The van der Waals surface area contributed by atoms with Crippen molar-refractivity contribution in [1.29, 1.82) is 0 Å². The molecule has 0 aliphatic rings. The number of ether oxygens (including phenoxy) is 1. The maximum atomic E-state index is 11.5. The minimum absolute atomic E-state index is 0.0651. The quantitative estimate of drug-likeness (QED) is 0.779. The Kier molecular flexibility index (Phi) is 6.18. The Balaban J connectivity index is 2.51. The van der Waals surface area contributed by atoms with Gasteiger partial charge in [-0.3, -0.25) is 4.79 Å². The van der Waals surface area contributed by atoms with Crippen molar-refractivity contribution in [3.63, 3.8) is 0 Å². The van der Waals surface area contributed by atoms with Gasteiger partial charge in [-0.15, -0.1) is 0 Å². The number of thioether (sulfide) groups is 1. The van der Waals surface area contributed by atoms with Crippen molar-refractivity contribution in [2.75, 3.05) is 30.5 Å². The van der Waals surface area contributed by atoms with E-state index in [1.165, 1.54) is 11.8 Å². The summed E-state index contributed by atoms with van der Waals surface area (Å²) in [6, 6.07) is 5.12. The monoisotopic (exact) mass is 274 g/mol. The number of halogens is 1. The Bertz CT molecular complexity index is 388. The summed E-state index contributed by atoms with van der Waals surface area (Å²) in [5, 5.41) is 3.22. The Labute approximate surface area is 110 Å². The lowest BCUT2D eigenvalue weighted by atomic mass is 10.3. The number of rotatable bonds is 6. The first kappa shape index (κ1) is 14.2. The van der Waals surface area contributed by atoms with Gasteiger partial charge in [-0.2, -0.15) is 11.8 Å². The van der Waals surface area contributed by atoms with Crippen molar-refractivity contribution in [2.24, 2.45) is 5.73 Å². The highest BCUT2D eigenvalue weighted by atomic mass is 35.5. The zero-order valence-electron chi connectivity index (χ0n) is 9.53. The Hall–Kier alpha value is -0.910. The fourth-order valence-corrected chi connectivity index (χ4v) is 2.02. The van der Waals surface area contributed by atoms with Crippen LogP contribution in [0.1, 0.15) is 0 Å². The molecular weight excluding hydrogens is 260 g/mol. The standard InChI is InChI=1S/C11H15ClN2O2S/c1-16-10-3-2-8(6-9(10)12)14-11(15)7-17-5-4-13/h2-3,6H,4-5,7,13H2,1H3,(H,14,15). The zero-order chi connectivity index (χ0) is 12.7. The average Bonchev–Trinajstić information content (AvgIpc) is 2.29. The second-order valence-electron chi connectivity index (χ2n) is 3.24. The highest BCUT2D eigenvalue weighted by Crippen LogP contribution is 2.27. The number of benzene rings is 1. The molecule has 0 saturated carbocycles. The summed E-state index contributed by atoms with van der Waals surface area (Å²) in [7, 11) is 1.54. The molecule has 0 bridgehead atoms. The smallest absolute Gasteiger partial charge is 0.234 e. The SMILES string of the molecule is COc1ccc(NC(=O)CSCCN)cc1Cl. The van der Waals surface area contributed by atoms with E-state index >= 15 is 0 Å². The number of hydrogen-bond acceptors (Lipinski definition) is 4. The van der Waals surface area contributed by atoms with Gasteiger partial charge in [-0.1, -0.05) is 11.6 Å². The lowest BCUT2D eigenvalue weighted by Gasteiger charge is -2.07. The number of carbonyl (C=O) groups excluding carboxylic acids is 1. The molecule has 1 aromatic carbocycles. The van der Waals surface area contributed by atoms with Gasteiger partial charge in [0.1, 0.15) is 5.75 Å². The van der Waals surface area contributed by atoms with Crippen LogP contribution in [0.5, 0.6) is 5.75 Å². The van der Waals surface area contributed by atoms with Crippen LogP contribution in [0.4, 0.5) is 5.69 Å². The molecule has 17 heavy (non-hydrogen) atoms. The van der Waals surface area contributed by atoms with Crippen LogP contribution < -0.4 is 15.8 Å². The summed E-state index contributed by atoms with van der Waals surface area (Å²) in [6.07, 6.45) is 0. The Morgan fingerprint density at radius 3 is 2.94 bits per heavy atom. The van der Waals surface area contributed by atoms with E-state index in [-0.39, 0.29) is 5.91 Å². The van der Waals surface area contributed by atoms with E-state index in [1.54, 1.807) is 25.3 Å². The molecule has 4 nitrogen and oxygen atoms in total. The van der Waals surface area contributed by atoms with Gasteiger partial charge in [-0.05, 0) is 18.2 Å². The zero-order valence-corrected chi connectivity index (χ0v) is 11.1. The number of carbonyl (C=O) groups is 1. The first-order valence-electron chi connectivity index (χ1n) is 5.08. The second-order valence-corrected chi connectivity index (χ2v) is 4.75. The number of methoxy groups -OCH3 is 1. The number of anilines is 1. The molecule has 0 spiro atoms. The predicted molar refractivity (Wildman–Crippen MR) is 73.0 cm³/mol. The molecule has 0 saturated heterocycles. The van der Waals surface area contributed by atoms with E-state index in [9.17, 15) is 4.79 Å². The third-order valence-corrected chi connectivity index (χ3v) is 3.22. The normalized spacial score (nSPS) is 10.1. The molecule has 0 heterocycles. The molecule has 0 aromatic heterocycles. The lowest BCUT2D eigenvalue weighted by Crippen LogP contribution is -2.15. The van der Waals surface area contributed by atoms with E-state index in [0.29, 0.717) is 28.8 Å². The Morgan fingerprint density at radius 2 is 2.35 bits per heavy atom. The summed E-state index contributed by atoms with van der Waals surface area (Å²) in [5.74, 6) is 1.68. The van der Waals surface area contributed by atoms with Crippen molar-refractivity contribution in [3.8, 4) is 5.75 Å². The van der Waals surface area contributed by atoms with E-state index in [4.69, 9.17) is 22.1 Å². The van der Waals surface area contributed by atoms with E-state index in [0.717, 1.165) is 5.75 Å². The molecule has 0 atom stereocenters. The molecule has 3 N–H and O–H groups in total. The van der Waals surface area contributed by atoms with Crippen LogP contribution in [0.25, 0.3) is 0 Å². The topological polar surface area (TPSA) is 64.3 Å². The van der Waals surface area contributed by atoms with Gasteiger partial charge in [0.2, 0.25) is 5.91 Å². The molecule has 1 rings (SSSR count). The number of nitrogens with one attached hydrogen (secondary N) is 1. The third-order valence-electron chi connectivity index (χ3n) is 1.93. The van der Waals surface area contributed by atoms with Crippen molar-refractivity contribution in [1.82, 2.24) is 0 Å². The number of nitrogens with two attached hydrogens (primary N) is 1. The fraction of sp³-hybridized carbons (Fsp3) is 0.364. The molecule has 6 heteroatoms. The molecule has 0 aliphatic carbocycles. The largest absolute Gasteiger partial charge is 0.495 e. The number of amides is 1. The third kappa shape index (κ3) is 4.85. The predicted octanol–water partition coefficient (Wildman–Crippen LogP) is 1.98. The van der Waals surface area contributed by atoms with Gasteiger partial charge in [0, 0.05) is 18.0 Å². The summed E-state index contributed by atoms with van der Waals surface area (Å²) < 4.78 is 5.02. The van der Waals surface area contributed by atoms with Gasteiger partial charge < -0.3 is 15.8 Å². The van der Waals surface area contributed by atoms with Crippen LogP contribution in [0, 0.1) is 0 Å².